The minimum absolute atomic E-state index is 0.0147. The molecule has 118 valence electrons. The van der Waals surface area contributed by atoms with Gasteiger partial charge in [-0.2, -0.15) is 17.4 Å². The van der Waals surface area contributed by atoms with E-state index in [9.17, 15) is 13.2 Å². The van der Waals surface area contributed by atoms with Crippen LogP contribution in [0.2, 0.25) is 0 Å². The lowest BCUT2D eigenvalue weighted by Gasteiger charge is -2.24. The first-order chi connectivity index (χ1) is 9.45. The third-order valence-electron chi connectivity index (χ3n) is 3.69. The lowest BCUT2D eigenvalue weighted by molar-refractivity contribution is -0.140. The Morgan fingerprint density at radius 1 is 1.20 bits per heavy atom. The van der Waals surface area contributed by atoms with Crippen molar-refractivity contribution in [3.05, 3.63) is 0 Å². The van der Waals surface area contributed by atoms with Gasteiger partial charge in [0.2, 0.25) is 0 Å². The Morgan fingerprint density at radius 3 is 2.30 bits per heavy atom. The fourth-order valence-electron chi connectivity index (χ4n) is 2.35. The van der Waals surface area contributed by atoms with Gasteiger partial charge >= 0.3 is 5.97 Å². The Bertz CT molecular complexity index is 389. The van der Waals surface area contributed by atoms with Crippen molar-refractivity contribution in [2.75, 3.05) is 20.7 Å². The van der Waals surface area contributed by atoms with Crippen LogP contribution in [0.4, 0.5) is 0 Å². The van der Waals surface area contributed by atoms with E-state index in [0.29, 0.717) is 0 Å². The predicted octanol–water partition coefficient (Wildman–Crippen LogP) is 1.43. The maximum Gasteiger partial charge on any atom is 0.306 e. The Balaban J connectivity index is 2.47. The fourth-order valence-corrected chi connectivity index (χ4v) is 3.51. The van der Waals surface area contributed by atoms with Crippen molar-refractivity contribution in [3.63, 3.8) is 0 Å². The van der Waals surface area contributed by atoms with Crippen LogP contribution < -0.4 is 4.72 Å². The van der Waals surface area contributed by atoms with Gasteiger partial charge in [-0.1, -0.05) is 32.1 Å². The second kappa shape index (κ2) is 8.59. The number of hydrogen-bond donors (Lipinski definition) is 1. The smallest absolute Gasteiger partial charge is 0.306 e. The van der Waals surface area contributed by atoms with Gasteiger partial charge in [0.1, 0.15) is 0 Å². The van der Waals surface area contributed by atoms with Crippen molar-refractivity contribution >= 4 is 16.2 Å². The molecule has 0 heterocycles. The lowest BCUT2D eigenvalue weighted by atomic mass is 9.97. The van der Waals surface area contributed by atoms with Crippen molar-refractivity contribution in [3.8, 4) is 0 Å². The summed E-state index contributed by atoms with van der Waals surface area (Å²) in [4.78, 5) is 11.1. The molecule has 0 saturated heterocycles. The Morgan fingerprint density at radius 2 is 1.75 bits per heavy atom. The van der Waals surface area contributed by atoms with Crippen molar-refractivity contribution in [2.45, 2.75) is 57.4 Å². The molecule has 0 bridgehead atoms. The number of nitrogens with one attached hydrogen (secondary N) is 1. The molecule has 1 fully saturated rings. The molecule has 1 N–H and O–H groups in total. The summed E-state index contributed by atoms with van der Waals surface area (Å²) >= 11 is 0. The highest BCUT2D eigenvalue weighted by Gasteiger charge is 2.23. The zero-order valence-corrected chi connectivity index (χ0v) is 13.2. The first-order valence-electron chi connectivity index (χ1n) is 7.26. The van der Waals surface area contributed by atoms with Gasteiger partial charge in [0.25, 0.3) is 10.2 Å². The molecule has 0 spiro atoms. The molecule has 6 nitrogen and oxygen atoms in total. The zero-order chi connectivity index (χ0) is 15.0. The molecule has 1 saturated carbocycles. The van der Waals surface area contributed by atoms with Crippen LogP contribution in [0.25, 0.3) is 0 Å². The molecular weight excluding hydrogens is 280 g/mol. The molecule has 7 heteroatoms. The second-order valence-corrected chi connectivity index (χ2v) is 7.12. The molecule has 0 aromatic heterocycles. The lowest BCUT2D eigenvalue weighted by Crippen LogP contribution is -2.44. The van der Waals surface area contributed by atoms with Crippen molar-refractivity contribution in [1.82, 2.24) is 9.03 Å². The topological polar surface area (TPSA) is 75.7 Å². The van der Waals surface area contributed by atoms with Crippen molar-refractivity contribution in [2.24, 2.45) is 0 Å². The van der Waals surface area contributed by atoms with Gasteiger partial charge < -0.3 is 4.74 Å². The molecule has 0 aliphatic heterocycles. The number of esters is 1. The van der Waals surface area contributed by atoms with Crippen LogP contribution in [0.5, 0.6) is 0 Å². The quantitative estimate of drug-likeness (QED) is 0.753. The number of nitrogens with zero attached hydrogens (tertiary/aromatic N) is 1. The monoisotopic (exact) mass is 306 g/mol. The molecule has 0 aromatic rings. The van der Waals surface area contributed by atoms with Gasteiger partial charge in [0, 0.05) is 19.6 Å². The number of methoxy groups -OCH3 is 1. The van der Waals surface area contributed by atoms with E-state index in [-0.39, 0.29) is 19.0 Å². The SMILES string of the molecule is COC(=O)CCN(C)S(=O)(=O)NC1CCCCCCC1. The standard InChI is InChI=1S/C13H26N2O4S/c1-15(11-10-13(16)19-2)20(17,18)14-12-8-6-4-3-5-7-9-12/h12,14H,3-11H2,1-2H3. The molecule has 0 atom stereocenters. The molecule has 0 unspecified atom stereocenters. The highest BCUT2D eigenvalue weighted by Crippen LogP contribution is 2.18. The van der Waals surface area contributed by atoms with Gasteiger partial charge in [-0.15, -0.1) is 0 Å². The zero-order valence-electron chi connectivity index (χ0n) is 12.4. The average molecular weight is 306 g/mol. The molecule has 1 aliphatic carbocycles. The third-order valence-corrected chi connectivity index (χ3v) is 5.32. The number of carbonyl (C=O) groups is 1. The van der Waals surface area contributed by atoms with E-state index in [1.807, 2.05) is 0 Å². The Hall–Kier alpha value is -0.660. The summed E-state index contributed by atoms with van der Waals surface area (Å²) in [5.74, 6) is -0.405. The predicted molar refractivity (Wildman–Crippen MR) is 77.4 cm³/mol. The maximum atomic E-state index is 12.2. The van der Waals surface area contributed by atoms with Crippen LogP contribution >= 0.6 is 0 Å². The summed E-state index contributed by atoms with van der Waals surface area (Å²) in [6.07, 6.45) is 7.59. The molecule has 0 radical (unpaired) electrons. The maximum absolute atomic E-state index is 12.2. The molecular formula is C13H26N2O4S. The Kier molecular flexibility index (Phi) is 7.47. The summed E-state index contributed by atoms with van der Waals surface area (Å²) < 4.78 is 32.8. The molecule has 20 heavy (non-hydrogen) atoms. The largest absolute Gasteiger partial charge is 0.469 e. The van der Waals surface area contributed by atoms with Crippen LogP contribution in [-0.4, -0.2) is 45.4 Å². The van der Waals surface area contributed by atoms with E-state index in [0.717, 1.165) is 25.7 Å². The van der Waals surface area contributed by atoms with E-state index >= 15 is 0 Å². The molecule has 1 rings (SSSR count). The van der Waals surface area contributed by atoms with Gasteiger partial charge in [-0.3, -0.25) is 4.79 Å². The van der Waals surface area contributed by atoms with E-state index in [1.165, 1.54) is 37.7 Å². The summed E-state index contributed by atoms with van der Waals surface area (Å²) in [5, 5.41) is 0. The number of ether oxygens (including phenoxy) is 1. The van der Waals surface area contributed by atoms with E-state index in [1.54, 1.807) is 0 Å². The molecule has 0 amide bonds. The van der Waals surface area contributed by atoms with Crippen molar-refractivity contribution < 1.29 is 17.9 Å². The van der Waals surface area contributed by atoms with Crippen LogP contribution in [0.15, 0.2) is 0 Å². The summed E-state index contributed by atoms with van der Waals surface area (Å²) in [7, 11) is -0.741. The van der Waals surface area contributed by atoms with Crippen LogP contribution in [0.3, 0.4) is 0 Å². The minimum atomic E-state index is -3.52. The van der Waals surface area contributed by atoms with E-state index < -0.39 is 16.2 Å². The average Bonchev–Trinajstić information content (AvgIpc) is 2.38. The fraction of sp³-hybridized carbons (Fsp3) is 0.923. The number of rotatable bonds is 6. The Labute approximate surface area is 122 Å². The summed E-state index contributed by atoms with van der Waals surface area (Å²) in [6, 6.07) is 0.0147. The van der Waals surface area contributed by atoms with E-state index in [4.69, 9.17) is 0 Å². The van der Waals surface area contributed by atoms with Gasteiger partial charge in [0.15, 0.2) is 0 Å². The van der Waals surface area contributed by atoms with Crippen LogP contribution in [-0.2, 0) is 19.7 Å². The van der Waals surface area contributed by atoms with Crippen LogP contribution in [0, 0.1) is 0 Å². The van der Waals surface area contributed by atoms with Gasteiger partial charge in [0.05, 0.1) is 13.5 Å². The molecule has 0 aromatic carbocycles. The van der Waals surface area contributed by atoms with Gasteiger partial charge in [-0.05, 0) is 12.8 Å². The summed E-state index contributed by atoms with van der Waals surface area (Å²) in [5.41, 5.74) is 0. The normalized spacial score (nSPS) is 18.6. The van der Waals surface area contributed by atoms with E-state index in [2.05, 4.69) is 9.46 Å². The number of hydrogen-bond acceptors (Lipinski definition) is 4. The first kappa shape index (κ1) is 17.4. The van der Waals surface area contributed by atoms with Crippen molar-refractivity contribution in [1.29, 1.82) is 0 Å². The molecule has 1 aliphatic rings. The van der Waals surface area contributed by atoms with Crippen LogP contribution in [0.1, 0.15) is 51.4 Å². The van der Waals surface area contributed by atoms with Gasteiger partial charge in [-0.25, -0.2) is 0 Å². The summed E-state index contributed by atoms with van der Waals surface area (Å²) in [6.45, 7) is 0.134. The minimum Gasteiger partial charge on any atom is -0.469 e. The number of carbonyl (C=O) groups excluding carboxylic acids is 1. The first-order valence-corrected chi connectivity index (χ1v) is 8.70. The highest BCUT2D eigenvalue weighted by molar-refractivity contribution is 7.87. The third kappa shape index (κ3) is 6.19. The highest BCUT2D eigenvalue weighted by atomic mass is 32.2. The second-order valence-electron chi connectivity index (χ2n) is 5.31.